The minimum Gasteiger partial charge on any atom is -0.393 e. The van der Waals surface area contributed by atoms with Gasteiger partial charge in [0.05, 0.1) is 23.0 Å². The average Bonchev–Trinajstić information content (AvgIpc) is 3.39. The number of aliphatic hydroxyl groups excluding tert-OH is 1. The predicted octanol–water partition coefficient (Wildman–Crippen LogP) is 4.98. The molecule has 1 aromatic carbocycles. The van der Waals surface area contributed by atoms with E-state index >= 15 is 0 Å². The Morgan fingerprint density at radius 2 is 1.77 bits per heavy atom. The van der Waals surface area contributed by atoms with Gasteiger partial charge in [-0.3, -0.25) is 9.88 Å². The number of pyridine rings is 1. The summed E-state index contributed by atoms with van der Waals surface area (Å²) in [5.74, 6) is 1.11. The molecule has 7 nitrogen and oxygen atoms in total. The summed E-state index contributed by atoms with van der Waals surface area (Å²) in [5, 5.41) is 16.3. The van der Waals surface area contributed by atoms with Gasteiger partial charge in [-0.25, -0.2) is 9.37 Å². The van der Waals surface area contributed by atoms with Crippen molar-refractivity contribution in [1.29, 1.82) is 0 Å². The Kier molecular flexibility index (Phi) is 7.49. The quantitative estimate of drug-likeness (QED) is 0.423. The highest BCUT2D eigenvalue weighted by Crippen LogP contribution is 2.29. The second kappa shape index (κ2) is 11.1. The van der Waals surface area contributed by atoms with Crippen LogP contribution in [0.5, 0.6) is 0 Å². The molecule has 1 saturated carbocycles. The summed E-state index contributed by atoms with van der Waals surface area (Å²) in [6.07, 6.45) is 9.68. The van der Waals surface area contributed by atoms with Gasteiger partial charge in [-0.2, -0.15) is 4.98 Å². The van der Waals surface area contributed by atoms with Crippen LogP contribution in [0.2, 0.25) is 0 Å². The normalized spacial score (nSPS) is 20.6. The van der Waals surface area contributed by atoms with Crippen LogP contribution in [-0.2, 0) is 6.54 Å². The second-order valence-corrected chi connectivity index (χ2v) is 9.65. The molecule has 2 aliphatic rings. The van der Waals surface area contributed by atoms with Gasteiger partial charge in [-0.1, -0.05) is 18.2 Å². The van der Waals surface area contributed by atoms with Gasteiger partial charge in [0.2, 0.25) is 5.95 Å². The van der Waals surface area contributed by atoms with Crippen LogP contribution < -0.4 is 10.6 Å². The molecule has 0 atom stereocenters. The van der Waals surface area contributed by atoms with Crippen molar-refractivity contribution in [2.24, 2.45) is 5.92 Å². The van der Waals surface area contributed by atoms with Gasteiger partial charge in [0.15, 0.2) is 0 Å². The number of aromatic nitrogens is 3. The highest BCUT2D eigenvalue weighted by molar-refractivity contribution is 5.73. The van der Waals surface area contributed by atoms with Crippen LogP contribution >= 0.6 is 0 Å². The monoisotopic (exact) mass is 476 g/mol. The number of anilines is 3. The molecule has 0 spiro atoms. The third kappa shape index (κ3) is 6.13. The zero-order valence-corrected chi connectivity index (χ0v) is 20.0. The summed E-state index contributed by atoms with van der Waals surface area (Å²) in [5.41, 5.74) is 3.14. The van der Waals surface area contributed by atoms with Crippen molar-refractivity contribution < 1.29 is 9.50 Å². The van der Waals surface area contributed by atoms with Gasteiger partial charge in [0.1, 0.15) is 11.6 Å². The highest BCUT2D eigenvalue weighted by atomic mass is 19.1. The molecular weight excluding hydrogens is 443 g/mol. The van der Waals surface area contributed by atoms with E-state index in [0.717, 1.165) is 63.1 Å². The third-order valence-electron chi connectivity index (χ3n) is 6.99. The van der Waals surface area contributed by atoms with Crippen LogP contribution in [0.1, 0.15) is 44.1 Å². The van der Waals surface area contributed by atoms with Gasteiger partial charge in [0, 0.05) is 25.5 Å². The molecule has 3 heterocycles. The lowest BCUT2D eigenvalue weighted by Crippen LogP contribution is -2.24. The second-order valence-electron chi connectivity index (χ2n) is 9.65. The van der Waals surface area contributed by atoms with Crippen molar-refractivity contribution in [3.63, 3.8) is 0 Å². The zero-order valence-electron chi connectivity index (χ0n) is 20.0. The number of para-hydroxylation sites is 1. The maximum atomic E-state index is 14.2. The Morgan fingerprint density at radius 1 is 0.971 bits per heavy atom. The average molecular weight is 477 g/mol. The van der Waals surface area contributed by atoms with Crippen molar-refractivity contribution >= 4 is 17.5 Å². The van der Waals surface area contributed by atoms with Crippen LogP contribution in [-0.4, -0.2) is 50.7 Å². The third-order valence-corrected chi connectivity index (χ3v) is 6.99. The fourth-order valence-corrected chi connectivity index (χ4v) is 4.91. The summed E-state index contributed by atoms with van der Waals surface area (Å²) in [6, 6.07) is 10.6. The lowest BCUT2D eigenvalue weighted by Gasteiger charge is -2.26. The van der Waals surface area contributed by atoms with E-state index in [-0.39, 0.29) is 11.9 Å². The summed E-state index contributed by atoms with van der Waals surface area (Å²) >= 11 is 0. The van der Waals surface area contributed by atoms with E-state index < -0.39 is 0 Å². The number of hydrogen-bond acceptors (Lipinski definition) is 7. The van der Waals surface area contributed by atoms with Crippen molar-refractivity contribution in [2.75, 3.05) is 30.3 Å². The molecule has 3 aromatic rings. The number of aliphatic hydroxyl groups is 1. The topological polar surface area (TPSA) is 86.2 Å². The largest absolute Gasteiger partial charge is 0.393 e. The Balaban J connectivity index is 1.36. The van der Waals surface area contributed by atoms with Crippen molar-refractivity contribution in [1.82, 2.24) is 19.9 Å². The fourth-order valence-electron chi connectivity index (χ4n) is 4.91. The summed E-state index contributed by atoms with van der Waals surface area (Å²) in [7, 11) is 0. The maximum Gasteiger partial charge on any atom is 0.229 e. The standard InChI is InChI=1S/C27H33FN6O/c28-23-5-1-2-6-25(23)32-27-31-17-22(26(33-27)30-15-19-7-10-21(35)11-8-19)24-12-9-20(16-29-24)18-34-13-3-4-14-34/h1-2,5-6,9,12,16-17,19,21,35H,3-4,7-8,10-11,13-15,18H2,(H2,30,31,32,33). The molecule has 2 aromatic heterocycles. The molecule has 3 N–H and O–H groups in total. The van der Waals surface area contributed by atoms with Crippen LogP contribution in [0.3, 0.4) is 0 Å². The van der Waals surface area contributed by atoms with Crippen LogP contribution in [0.15, 0.2) is 48.8 Å². The van der Waals surface area contributed by atoms with E-state index in [1.165, 1.54) is 24.5 Å². The van der Waals surface area contributed by atoms with Crippen LogP contribution in [0, 0.1) is 11.7 Å². The molecule has 184 valence electrons. The molecule has 1 saturated heterocycles. The van der Waals surface area contributed by atoms with Gasteiger partial charge >= 0.3 is 0 Å². The van der Waals surface area contributed by atoms with Crippen molar-refractivity contribution in [3.05, 3.63) is 60.2 Å². The molecule has 8 heteroatoms. The number of benzene rings is 1. The number of hydrogen-bond donors (Lipinski definition) is 3. The molecule has 2 fully saturated rings. The van der Waals surface area contributed by atoms with Crippen molar-refractivity contribution in [3.8, 4) is 11.3 Å². The van der Waals surface area contributed by atoms with E-state index in [1.807, 2.05) is 12.3 Å². The number of nitrogens with zero attached hydrogens (tertiary/aromatic N) is 4. The first-order chi connectivity index (χ1) is 17.1. The zero-order chi connectivity index (χ0) is 24.0. The molecule has 1 aliphatic carbocycles. The number of likely N-dealkylation sites (tertiary alicyclic amines) is 1. The summed E-state index contributed by atoms with van der Waals surface area (Å²) in [6.45, 7) is 3.98. The molecule has 5 rings (SSSR count). The first kappa shape index (κ1) is 23.6. The molecular formula is C27H33FN6O. The maximum absolute atomic E-state index is 14.2. The van der Waals surface area contributed by atoms with Crippen LogP contribution in [0.25, 0.3) is 11.3 Å². The molecule has 35 heavy (non-hydrogen) atoms. The lowest BCUT2D eigenvalue weighted by atomic mass is 9.87. The summed E-state index contributed by atoms with van der Waals surface area (Å²) < 4.78 is 14.2. The Morgan fingerprint density at radius 3 is 2.51 bits per heavy atom. The number of rotatable bonds is 8. The van der Waals surface area contributed by atoms with Gasteiger partial charge in [-0.05, 0) is 81.3 Å². The van der Waals surface area contributed by atoms with E-state index in [4.69, 9.17) is 9.97 Å². The number of nitrogens with one attached hydrogen (secondary N) is 2. The minimum absolute atomic E-state index is 0.180. The first-order valence-corrected chi connectivity index (χ1v) is 12.6. The Hall–Kier alpha value is -3.10. The smallest absolute Gasteiger partial charge is 0.229 e. The van der Waals surface area contributed by atoms with Gasteiger partial charge < -0.3 is 15.7 Å². The van der Waals surface area contributed by atoms with E-state index in [9.17, 15) is 9.50 Å². The SMILES string of the molecule is OC1CCC(CNc2nc(Nc3ccccc3F)ncc2-c2ccc(CN3CCCC3)cn2)CC1. The minimum atomic E-state index is -0.356. The molecule has 0 amide bonds. The predicted molar refractivity (Wildman–Crippen MR) is 136 cm³/mol. The number of halogens is 1. The molecule has 0 unspecified atom stereocenters. The molecule has 1 aliphatic heterocycles. The van der Waals surface area contributed by atoms with E-state index in [0.29, 0.717) is 23.4 Å². The summed E-state index contributed by atoms with van der Waals surface area (Å²) in [4.78, 5) is 16.3. The molecule has 0 radical (unpaired) electrons. The van der Waals surface area contributed by atoms with Crippen molar-refractivity contribution in [2.45, 2.75) is 51.2 Å². The lowest BCUT2D eigenvalue weighted by molar-refractivity contribution is 0.111. The molecule has 0 bridgehead atoms. The Labute approximate surface area is 205 Å². The van der Waals surface area contributed by atoms with Gasteiger partial charge in [0.25, 0.3) is 0 Å². The van der Waals surface area contributed by atoms with Crippen LogP contribution in [0.4, 0.5) is 21.8 Å². The first-order valence-electron chi connectivity index (χ1n) is 12.6. The van der Waals surface area contributed by atoms with E-state index in [1.54, 1.807) is 24.4 Å². The fraction of sp³-hybridized carbons (Fsp3) is 0.444. The Bertz CT molecular complexity index is 1110. The van der Waals surface area contributed by atoms with E-state index in [2.05, 4.69) is 26.6 Å². The highest BCUT2D eigenvalue weighted by Gasteiger charge is 2.20. The van der Waals surface area contributed by atoms with Gasteiger partial charge in [-0.15, -0.1) is 0 Å².